The molecule has 0 radical (unpaired) electrons. The largest absolute Gasteiger partial charge is 0.480 e. The van der Waals surface area contributed by atoms with E-state index in [2.05, 4.69) is 9.47 Å². The van der Waals surface area contributed by atoms with Gasteiger partial charge in [0, 0.05) is 6.42 Å². The SMILES string of the molecule is CCOC(=O)CC[C@H](NS(=O)(=O)CC(=O)OCC)C(=O)O. The van der Waals surface area contributed by atoms with Crippen LogP contribution in [0.4, 0.5) is 0 Å². The number of carboxylic acids is 1. The molecule has 0 saturated carbocycles. The lowest BCUT2D eigenvalue weighted by atomic mass is 10.2. The summed E-state index contributed by atoms with van der Waals surface area (Å²) in [6.07, 6.45) is -0.539. The van der Waals surface area contributed by atoms with E-state index in [-0.39, 0.29) is 26.1 Å². The quantitative estimate of drug-likeness (QED) is 0.501. The average molecular weight is 325 g/mol. The molecule has 0 aliphatic rings. The third-order valence-electron chi connectivity index (χ3n) is 2.18. The first-order valence-corrected chi connectivity index (χ1v) is 7.91. The van der Waals surface area contributed by atoms with Crippen molar-refractivity contribution >= 4 is 27.9 Å². The fraction of sp³-hybridized carbons (Fsp3) is 0.727. The normalized spacial score (nSPS) is 12.5. The van der Waals surface area contributed by atoms with E-state index in [1.165, 1.54) is 6.92 Å². The van der Waals surface area contributed by atoms with Crippen LogP contribution in [0.2, 0.25) is 0 Å². The van der Waals surface area contributed by atoms with Gasteiger partial charge in [0.05, 0.1) is 13.2 Å². The van der Waals surface area contributed by atoms with E-state index < -0.39 is 39.7 Å². The number of carbonyl (C=O) groups excluding carboxylic acids is 2. The fourth-order valence-corrected chi connectivity index (χ4v) is 2.47. The zero-order valence-corrected chi connectivity index (χ0v) is 12.6. The zero-order valence-electron chi connectivity index (χ0n) is 11.8. The maximum atomic E-state index is 11.6. The average Bonchev–Trinajstić information content (AvgIpc) is 2.33. The summed E-state index contributed by atoms with van der Waals surface area (Å²) in [4.78, 5) is 33.2. The minimum absolute atomic E-state index is 0.0135. The van der Waals surface area contributed by atoms with Crippen molar-refractivity contribution in [1.29, 1.82) is 0 Å². The summed E-state index contributed by atoms with van der Waals surface area (Å²) in [5, 5.41) is 8.92. The van der Waals surface area contributed by atoms with Crippen LogP contribution >= 0.6 is 0 Å². The van der Waals surface area contributed by atoms with Crippen molar-refractivity contribution in [3.63, 3.8) is 0 Å². The molecule has 0 aliphatic carbocycles. The van der Waals surface area contributed by atoms with Crippen LogP contribution in [0.1, 0.15) is 26.7 Å². The Kier molecular flexibility index (Phi) is 8.55. The monoisotopic (exact) mass is 325 g/mol. The lowest BCUT2D eigenvalue weighted by molar-refractivity contribution is -0.144. The van der Waals surface area contributed by atoms with Gasteiger partial charge in [0.1, 0.15) is 6.04 Å². The Hall–Kier alpha value is -1.68. The molecule has 0 heterocycles. The second kappa shape index (κ2) is 9.29. The summed E-state index contributed by atoms with van der Waals surface area (Å²) in [7, 11) is -4.16. The Bertz CT molecular complexity index is 473. The highest BCUT2D eigenvalue weighted by Crippen LogP contribution is 2.03. The minimum Gasteiger partial charge on any atom is -0.480 e. The molecular formula is C11H19NO8S. The molecule has 21 heavy (non-hydrogen) atoms. The van der Waals surface area contributed by atoms with Gasteiger partial charge < -0.3 is 14.6 Å². The standard InChI is InChI=1S/C11H19NO8S/c1-3-19-9(13)6-5-8(11(15)16)12-21(17,18)7-10(14)20-4-2/h8,12H,3-7H2,1-2H3,(H,15,16)/t8-/m0/s1. The van der Waals surface area contributed by atoms with E-state index in [0.717, 1.165) is 0 Å². The summed E-state index contributed by atoms with van der Waals surface area (Å²) < 4.78 is 34.1. The minimum atomic E-state index is -4.16. The Morgan fingerprint density at radius 1 is 1.10 bits per heavy atom. The number of esters is 2. The van der Waals surface area contributed by atoms with E-state index in [9.17, 15) is 22.8 Å². The van der Waals surface area contributed by atoms with Gasteiger partial charge in [-0.05, 0) is 20.3 Å². The first kappa shape index (κ1) is 19.3. The first-order chi connectivity index (χ1) is 9.71. The van der Waals surface area contributed by atoms with Gasteiger partial charge in [-0.3, -0.25) is 14.4 Å². The number of carbonyl (C=O) groups is 3. The van der Waals surface area contributed by atoms with Crippen LogP contribution in [-0.2, 0) is 33.9 Å². The predicted octanol–water partition coefficient (Wildman–Crippen LogP) is -0.735. The number of aliphatic carboxylic acids is 1. The lowest BCUT2D eigenvalue weighted by Crippen LogP contribution is -2.43. The summed E-state index contributed by atoms with van der Waals surface area (Å²) >= 11 is 0. The topological polar surface area (TPSA) is 136 Å². The van der Waals surface area contributed by atoms with E-state index >= 15 is 0 Å². The molecule has 9 nitrogen and oxygen atoms in total. The summed E-state index contributed by atoms with van der Waals surface area (Å²) in [6, 6.07) is -1.52. The molecule has 122 valence electrons. The summed E-state index contributed by atoms with van der Waals surface area (Å²) in [5.41, 5.74) is 0. The second-order valence-corrected chi connectivity index (χ2v) is 5.67. The number of hydrogen-bond donors (Lipinski definition) is 2. The molecule has 1 atom stereocenters. The fourth-order valence-electron chi connectivity index (χ4n) is 1.34. The summed E-state index contributed by atoms with van der Waals surface area (Å²) in [5.74, 6) is -4.05. The lowest BCUT2D eigenvalue weighted by Gasteiger charge is -2.14. The van der Waals surface area contributed by atoms with Crippen LogP contribution < -0.4 is 4.72 Å². The van der Waals surface area contributed by atoms with Gasteiger partial charge in [-0.25, -0.2) is 13.1 Å². The van der Waals surface area contributed by atoms with Crippen molar-refractivity contribution in [2.24, 2.45) is 0 Å². The van der Waals surface area contributed by atoms with Gasteiger partial charge in [-0.2, -0.15) is 0 Å². The molecule has 0 spiro atoms. The molecule has 0 unspecified atom stereocenters. The molecule has 0 saturated heterocycles. The van der Waals surface area contributed by atoms with Crippen molar-refractivity contribution in [2.75, 3.05) is 19.0 Å². The van der Waals surface area contributed by atoms with Gasteiger partial charge >= 0.3 is 17.9 Å². The Balaban J connectivity index is 4.58. The van der Waals surface area contributed by atoms with Crippen LogP contribution in [-0.4, -0.2) is 56.4 Å². The number of nitrogens with one attached hydrogen (secondary N) is 1. The van der Waals surface area contributed by atoms with Gasteiger partial charge in [0.2, 0.25) is 10.0 Å². The van der Waals surface area contributed by atoms with Crippen LogP contribution in [0.5, 0.6) is 0 Å². The van der Waals surface area contributed by atoms with Crippen LogP contribution in [0.3, 0.4) is 0 Å². The zero-order chi connectivity index (χ0) is 16.5. The highest BCUT2D eigenvalue weighted by molar-refractivity contribution is 7.90. The highest BCUT2D eigenvalue weighted by Gasteiger charge is 2.27. The molecule has 2 N–H and O–H groups in total. The third-order valence-corrected chi connectivity index (χ3v) is 3.43. The Morgan fingerprint density at radius 2 is 1.62 bits per heavy atom. The Morgan fingerprint density at radius 3 is 2.10 bits per heavy atom. The van der Waals surface area contributed by atoms with E-state index in [1.54, 1.807) is 6.92 Å². The van der Waals surface area contributed by atoms with Crippen LogP contribution in [0.25, 0.3) is 0 Å². The molecule has 0 aromatic carbocycles. The Labute approximate surface area is 122 Å². The first-order valence-electron chi connectivity index (χ1n) is 6.25. The van der Waals surface area contributed by atoms with Crippen LogP contribution in [0, 0.1) is 0 Å². The van der Waals surface area contributed by atoms with E-state index in [1.807, 2.05) is 4.72 Å². The van der Waals surface area contributed by atoms with Gasteiger partial charge in [-0.15, -0.1) is 0 Å². The molecule has 0 aromatic heterocycles. The molecule has 0 amide bonds. The van der Waals surface area contributed by atoms with E-state index in [0.29, 0.717) is 0 Å². The van der Waals surface area contributed by atoms with Gasteiger partial charge in [0.15, 0.2) is 5.75 Å². The van der Waals surface area contributed by atoms with Gasteiger partial charge in [0.25, 0.3) is 0 Å². The van der Waals surface area contributed by atoms with Crippen LogP contribution in [0.15, 0.2) is 0 Å². The van der Waals surface area contributed by atoms with Gasteiger partial charge in [-0.1, -0.05) is 0 Å². The third kappa shape index (κ3) is 8.97. The molecule has 0 bridgehead atoms. The molecule has 0 aliphatic heterocycles. The maximum Gasteiger partial charge on any atom is 0.322 e. The molecular weight excluding hydrogens is 306 g/mol. The van der Waals surface area contributed by atoms with Crippen molar-refractivity contribution in [3.8, 4) is 0 Å². The predicted molar refractivity (Wildman–Crippen MR) is 70.8 cm³/mol. The number of ether oxygens (including phenoxy) is 2. The van der Waals surface area contributed by atoms with Crippen molar-refractivity contribution in [3.05, 3.63) is 0 Å². The van der Waals surface area contributed by atoms with Crippen molar-refractivity contribution in [2.45, 2.75) is 32.7 Å². The number of carboxylic acid groups (broad SMARTS) is 1. The maximum absolute atomic E-state index is 11.6. The molecule has 10 heteroatoms. The molecule has 0 rings (SSSR count). The smallest absolute Gasteiger partial charge is 0.322 e. The summed E-state index contributed by atoms with van der Waals surface area (Å²) in [6.45, 7) is 3.26. The molecule has 0 aromatic rings. The van der Waals surface area contributed by atoms with E-state index in [4.69, 9.17) is 5.11 Å². The number of sulfonamides is 1. The highest BCUT2D eigenvalue weighted by atomic mass is 32.2. The van der Waals surface area contributed by atoms with Crippen molar-refractivity contribution in [1.82, 2.24) is 4.72 Å². The van der Waals surface area contributed by atoms with Crippen molar-refractivity contribution < 1.29 is 37.4 Å². The molecule has 0 fully saturated rings. The second-order valence-electron chi connectivity index (χ2n) is 3.92. The number of hydrogen-bond acceptors (Lipinski definition) is 7. The number of rotatable bonds is 10.